The highest BCUT2D eigenvalue weighted by atomic mass is 16.5. The van der Waals surface area contributed by atoms with Gasteiger partial charge in [0.15, 0.2) is 5.70 Å². The summed E-state index contributed by atoms with van der Waals surface area (Å²) in [7, 11) is 1.72. The van der Waals surface area contributed by atoms with E-state index in [1.54, 1.807) is 7.11 Å². The number of carboxylic acids is 1. The molecule has 7 heterocycles. The number of nitrogens with zero attached hydrogens (tertiary/aromatic N) is 2. The number of aliphatic hydroxyl groups is 1. The van der Waals surface area contributed by atoms with Gasteiger partial charge in [-0.2, -0.15) is 0 Å². The van der Waals surface area contributed by atoms with Crippen LogP contribution in [-0.2, 0) is 10.2 Å². The van der Waals surface area contributed by atoms with Gasteiger partial charge in [-0.15, -0.1) is 0 Å². The Morgan fingerprint density at radius 3 is 2.94 bits per heavy atom. The number of methoxy groups -OCH3 is 1. The van der Waals surface area contributed by atoms with Gasteiger partial charge < -0.3 is 29.6 Å². The van der Waals surface area contributed by atoms with E-state index in [1.807, 2.05) is 12.1 Å². The molecule has 2 bridgehead atoms. The molecule has 0 amide bonds. The first-order chi connectivity index (χ1) is 22.9. The summed E-state index contributed by atoms with van der Waals surface area (Å²) in [6, 6.07) is 15.3. The third-order valence-electron chi connectivity index (χ3n) is 12.7. The van der Waals surface area contributed by atoms with E-state index in [0.29, 0.717) is 12.6 Å². The number of para-hydroxylation sites is 1. The van der Waals surface area contributed by atoms with E-state index in [1.165, 1.54) is 27.8 Å². The lowest BCUT2D eigenvalue weighted by atomic mass is 9.53. The summed E-state index contributed by atoms with van der Waals surface area (Å²) in [6.07, 6.45) is 12.5. The van der Waals surface area contributed by atoms with Crippen molar-refractivity contribution in [3.05, 3.63) is 105 Å². The summed E-state index contributed by atoms with van der Waals surface area (Å²) in [6.45, 7) is 4.58. The first-order valence-electron chi connectivity index (χ1n) is 17.0. The minimum Gasteiger partial charge on any atom is -0.545 e. The standard InChI is InChI=1S/C39H38N4O4/c1-3-21-18-41-13-11-23-34-28(8-6-10-31(34)47-2)40-36(23)30(41)16-24(21)26-20-43-29-9-5-4-7-27(29)39-12-14-42-19-22(15-33(44)45)25(17-32(39)42)35(37(26)46)38(39)43/h4-11,15-16,18,20,25,32,35,37-38,40,46H,3,12-14,17,19H2,1-2H3,(H,44,45). The molecule has 7 unspecified atom stereocenters. The third-order valence-corrected chi connectivity index (χ3v) is 12.7. The van der Waals surface area contributed by atoms with E-state index in [0.717, 1.165) is 82.0 Å². The number of piperidine rings is 1. The molecule has 7 aliphatic rings. The van der Waals surface area contributed by atoms with Crippen LogP contribution < -0.4 is 30.2 Å². The maximum atomic E-state index is 12.7. The fourth-order valence-corrected chi connectivity index (χ4v) is 10.9. The summed E-state index contributed by atoms with van der Waals surface area (Å²) in [5.41, 5.74) is 8.83. The van der Waals surface area contributed by atoms with Gasteiger partial charge in [-0.05, 0) is 73.2 Å². The Labute approximate surface area is 272 Å². The molecule has 1 spiro atoms. The van der Waals surface area contributed by atoms with Gasteiger partial charge in [-0.1, -0.05) is 36.8 Å². The van der Waals surface area contributed by atoms with Gasteiger partial charge in [0, 0.05) is 63.6 Å². The van der Waals surface area contributed by atoms with Crippen LogP contribution in [0.3, 0.4) is 0 Å². The second-order valence-corrected chi connectivity index (χ2v) is 14.4. The Hall–Kier alpha value is -4.37. The van der Waals surface area contributed by atoms with Crippen LogP contribution in [0.4, 0.5) is 5.69 Å². The first-order valence-corrected chi connectivity index (χ1v) is 17.0. The summed E-state index contributed by atoms with van der Waals surface area (Å²) in [5.74, 6) is -0.470. The normalized spacial score (nSPS) is 33.8. The van der Waals surface area contributed by atoms with Gasteiger partial charge in [0.05, 0.1) is 30.7 Å². The van der Waals surface area contributed by atoms with Crippen LogP contribution in [0.5, 0.6) is 5.75 Å². The number of aromatic nitrogens is 1. The molecule has 7 atom stereocenters. The zero-order chi connectivity index (χ0) is 31.8. The predicted octanol–water partition coefficient (Wildman–Crippen LogP) is 0.983. The molecule has 1 saturated carbocycles. The lowest BCUT2D eigenvalue weighted by Crippen LogP contribution is -3.06. The highest BCUT2D eigenvalue weighted by molar-refractivity contribution is 5.88. The molecule has 3 N–H and O–H groups in total. The van der Waals surface area contributed by atoms with Crippen molar-refractivity contribution < 1.29 is 24.6 Å². The van der Waals surface area contributed by atoms with Crippen LogP contribution in [-0.4, -0.2) is 65.9 Å². The molecule has 0 radical (unpaired) electrons. The van der Waals surface area contributed by atoms with E-state index < -0.39 is 12.1 Å². The van der Waals surface area contributed by atoms with Gasteiger partial charge in [0.1, 0.15) is 23.8 Å². The van der Waals surface area contributed by atoms with Gasteiger partial charge >= 0.3 is 0 Å². The molecule has 1 aromatic heterocycles. The summed E-state index contributed by atoms with van der Waals surface area (Å²) >= 11 is 0. The monoisotopic (exact) mass is 626 g/mol. The van der Waals surface area contributed by atoms with E-state index >= 15 is 0 Å². The van der Waals surface area contributed by atoms with Gasteiger partial charge in [-0.25, -0.2) is 0 Å². The fraction of sp³-hybridized carbons (Fsp3) is 0.359. The highest BCUT2D eigenvalue weighted by Crippen LogP contribution is 2.65. The Kier molecular flexibility index (Phi) is 5.66. The zero-order valence-electron chi connectivity index (χ0n) is 26.6. The molecule has 10 rings (SSSR count). The smallest absolute Gasteiger partial charge is 0.161 e. The highest BCUT2D eigenvalue weighted by Gasteiger charge is 2.69. The Balaban J connectivity index is 1.20. The molecule has 8 nitrogen and oxygen atoms in total. The number of benzene rings is 2. The average Bonchev–Trinajstić information content (AvgIpc) is 3.76. The number of aliphatic carboxylic acids is 1. The first kappa shape index (κ1) is 27.7. The summed E-state index contributed by atoms with van der Waals surface area (Å²) < 4.78 is 5.77. The lowest BCUT2D eigenvalue weighted by Gasteiger charge is -2.59. The SMILES string of the molecule is CCC1=C[NH+]2CC=c3c([nH]c4cccc(OC)c34)=C2C=C1C1=CN2c3ccccc3C34CCN5CC(=CC(=O)[O-])C(CC53)C(C1O)C24. The number of carbonyl (C=O) groups excluding carboxylic acids is 1. The van der Waals surface area contributed by atoms with Crippen LogP contribution in [0.15, 0.2) is 89.3 Å². The van der Waals surface area contributed by atoms with Gasteiger partial charge in [0.25, 0.3) is 0 Å². The molecule has 3 fully saturated rings. The van der Waals surface area contributed by atoms with Crippen molar-refractivity contribution in [2.75, 3.05) is 31.6 Å². The molecule has 6 aliphatic heterocycles. The minimum atomic E-state index is -1.15. The number of aliphatic hydroxyl groups excluding tert-OH is 1. The van der Waals surface area contributed by atoms with Crippen molar-refractivity contribution in [3.8, 4) is 5.75 Å². The van der Waals surface area contributed by atoms with Gasteiger partial charge in [0.2, 0.25) is 0 Å². The number of aromatic amines is 1. The molecule has 1 aliphatic carbocycles. The minimum absolute atomic E-state index is 0.0361. The number of fused-ring (bicyclic) bond motifs is 8. The molecule has 47 heavy (non-hydrogen) atoms. The maximum absolute atomic E-state index is 12.7. The Bertz CT molecular complexity index is 2170. The van der Waals surface area contributed by atoms with Crippen LogP contribution >= 0.6 is 0 Å². The predicted molar refractivity (Wildman–Crippen MR) is 177 cm³/mol. The quantitative estimate of drug-likeness (QED) is 0.374. The molecular weight excluding hydrogens is 588 g/mol. The second kappa shape index (κ2) is 9.60. The van der Waals surface area contributed by atoms with E-state index in [9.17, 15) is 15.0 Å². The van der Waals surface area contributed by atoms with Crippen LogP contribution in [0, 0.1) is 11.8 Å². The number of hydrogen-bond donors (Lipinski definition) is 3. The van der Waals surface area contributed by atoms with E-state index in [4.69, 9.17) is 4.74 Å². The number of ether oxygens (including phenoxy) is 1. The van der Waals surface area contributed by atoms with Gasteiger partial charge in [-0.3, -0.25) is 9.80 Å². The molecule has 8 heteroatoms. The van der Waals surface area contributed by atoms with Crippen LogP contribution in [0.2, 0.25) is 0 Å². The van der Waals surface area contributed by atoms with E-state index in [2.05, 4.69) is 76.6 Å². The number of anilines is 1. The third kappa shape index (κ3) is 3.45. The lowest BCUT2D eigenvalue weighted by molar-refractivity contribution is -0.759. The number of rotatable bonds is 4. The number of quaternary nitrogens is 1. The number of nitrogens with one attached hydrogen (secondary N) is 2. The maximum Gasteiger partial charge on any atom is 0.161 e. The molecule has 2 aromatic carbocycles. The topological polar surface area (TPSA) is 96.3 Å². The van der Waals surface area contributed by atoms with Crippen molar-refractivity contribution in [2.45, 2.75) is 49.8 Å². The van der Waals surface area contributed by atoms with E-state index in [-0.39, 0.29) is 23.3 Å². The number of carbonyl (C=O) groups is 1. The molecule has 2 saturated heterocycles. The molecule has 3 aromatic rings. The molecule has 238 valence electrons. The van der Waals surface area contributed by atoms with Crippen LogP contribution in [0.25, 0.3) is 22.7 Å². The fourth-order valence-electron chi connectivity index (χ4n) is 10.9. The van der Waals surface area contributed by atoms with Crippen molar-refractivity contribution in [3.63, 3.8) is 0 Å². The van der Waals surface area contributed by atoms with Crippen molar-refractivity contribution in [1.82, 2.24) is 9.88 Å². The zero-order valence-corrected chi connectivity index (χ0v) is 26.6. The number of H-pyrrole nitrogens is 1. The van der Waals surface area contributed by atoms with Crippen molar-refractivity contribution >= 4 is 34.3 Å². The largest absolute Gasteiger partial charge is 0.545 e. The number of carboxylic acid groups (broad SMARTS) is 1. The Morgan fingerprint density at radius 2 is 2.11 bits per heavy atom. The average molecular weight is 627 g/mol. The summed E-state index contributed by atoms with van der Waals surface area (Å²) in [4.78, 5) is 21.9. The second-order valence-electron chi connectivity index (χ2n) is 14.4. The van der Waals surface area contributed by atoms with Crippen molar-refractivity contribution in [1.29, 1.82) is 0 Å². The molecular formula is C39H38N4O4. The number of hydrogen-bond acceptors (Lipinski definition) is 6. The Morgan fingerprint density at radius 1 is 1.23 bits per heavy atom. The number of allylic oxidation sites excluding steroid dienone is 1. The van der Waals surface area contributed by atoms with Crippen LogP contribution in [0.1, 0.15) is 31.7 Å². The van der Waals surface area contributed by atoms with Crippen molar-refractivity contribution in [2.24, 2.45) is 11.8 Å². The summed E-state index contributed by atoms with van der Waals surface area (Å²) in [5, 5.41) is 28.1.